The SMILES string of the molecule is CCc1nn(C)c(NCC(O)c2ccco2)c1[N+](=O)[O-]. The van der Waals surface area contributed by atoms with Gasteiger partial charge < -0.3 is 14.8 Å². The third kappa shape index (κ3) is 2.64. The first-order valence-electron chi connectivity index (χ1n) is 6.20. The molecule has 0 aliphatic heterocycles. The summed E-state index contributed by atoms with van der Waals surface area (Å²) < 4.78 is 6.48. The smallest absolute Gasteiger partial charge is 0.333 e. The van der Waals surface area contributed by atoms with E-state index >= 15 is 0 Å². The molecule has 0 saturated heterocycles. The van der Waals surface area contributed by atoms with Gasteiger partial charge in [0.25, 0.3) is 0 Å². The summed E-state index contributed by atoms with van der Waals surface area (Å²) in [5, 5.41) is 28.0. The molecule has 0 aliphatic carbocycles. The number of nitrogens with zero attached hydrogens (tertiary/aromatic N) is 3. The molecule has 8 heteroatoms. The minimum absolute atomic E-state index is 0.0540. The number of hydrogen-bond acceptors (Lipinski definition) is 6. The summed E-state index contributed by atoms with van der Waals surface area (Å²) in [6, 6.07) is 3.31. The molecule has 0 fully saturated rings. The number of aryl methyl sites for hydroxylation is 2. The highest BCUT2D eigenvalue weighted by atomic mass is 16.6. The van der Waals surface area contributed by atoms with E-state index in [2.05, 4.69) is 10.4 Å². The third-order valence-electron chi connectivity index (χ3n) is 2.94. The lowest BCUT2D eigenvalue weighted by Crippen LogP contribution is -2.14. The molecular weight excluding hydrogens is 264 g/mol. The van der Waals surface area contributed by atoms with Gasteiger partial charge >= 0.3 is 5.69 Å². The molecule has 108 valence electrons. The van der Waals surface area contributed by atoms with E-state index in [1.165, 1.54) is 10.9 Å². The Hall–Kier alpha value is -2.35. The fourth-order valence-corrected chi connectivity index (χ4v) is 1.97. The molecule has 2 heterocycles. The van der Waals surface area contributed by atoms with Crippen molar-refractivity contribution in [3.05, 3.63) is 40.0 Å². The third-order valence-corrected chi connectivity index (χ3v) is 2.94. The quantitative estimate of drug-likeness (QED) is 0.615. The number of nitrogens with one attached hydrogen (secondary N) is 1. The minimum atomic E-state index is -0.885. The first kappa shape index (κ1) is 14.1. The summed E-state index contributed by atoms with van der Waals surface area (Å²) >= 11 is 0. The number of hydrogen-bond donors (Lipinski definition) is 2. The maximum Gasteiger partial charge on any atom is 0.333 e. The lowest BCUT2D eigenvalue weighted by Gasteiger charge is -2.10. The van der Waals surface area contributed by atoms with Gasteiger partial charge in [-0.1, -0.05) is 6.92 Å². The van der Waals surface area contributed by atoms with Crippen LogP contribution >= 0.6 is 0 Å². The van der Waals surface area contributed by atoms with E-state index in [4.69, 9.17) is 4.42 Å². The van der Waals surface area contributed by atoms with Crippen LogP contribution in [0, 0.1) is 10.1 Å². The molecule has 8 nitrogen and oxygen atoms in total. The zero-order valence-electron chi connectivity index (χ0n) is 11.2. The highest BCUT2D eigenvalue weighted by molar-refractivity contribution is 5.59. The predicted molar refractivity (Wildman–Crippen MR) is 71.4 cm³/mol. The van der Waals surface area contributed by atoms with Crippen LogP contribution in [0.4, 0.5) is 11.5 Å². The van der Waals surface area contributed by atoms with E-state index in [1.807, 2.05) is 0 Å². The molecular formula is C12H16N4O4. The lowest BCUT2D eigenvalue weighted by molar-refractivity contribution is -0.384. The average Bonchev–Trinajstić information content (AvgIpc) is 3.03. The van der Waals surface area contributed by atoms with Gasteiger partial charge in [0.1, 0.15) is 17.6 Å². The monoisotopic (exact) mass is 280 g/mol. The number of aliphatic hydroxyl groups excluding tert-OH is 1. The fourth-order valence-electron chi connectivity index (χ4n) is 1.97. The Morgan fingerprint density at radius 1 is 1.65 bits per heavy atom. The number of furan rings is 1. The summed E-state index contributed by atoms with van der Waals surface area (Å²) in [6.45, 7) is 1.90. The maximum atomic E-state index is 11.1. The van der Waals surface area contributed by atoms with Gasteiger partial charge in [-0.3, -0.25) is 10.1 Å². The summed E-state index contributed by atoms with van der Waals surface area (Å²) in [5.41, 5.74) is 0.356. The van der Waals surface area contributed by atoms with Crippen LogP contribution in [0.25, 0.3) is 0 Å². The van der Waals surface area contributed by atoms with Crippen LogP contribution in [0.15, 0.2) is 22.8 Å². The van der Waals surface area contributed by atoms with E-state index in [0.29, 0.717) is 17.9 Å². The first-order chi connectivity index (χ1) is 9.54. The van der Waals surface area contributed by atoms with E-state index in [-0.39, 0.29) is 18.1 Å². The Bertz CT molecular complexity index is 591. The number of nitro groups is 1. The summed E-state index contributed by atoms with van der Waals surface area (Å²) in [6.07, 6.45) is 1.04. The molecule has 1 atom stereocenters. The van der Waals surface area contributed by atoms with Crippen molar-refractivity contribution in [1.82, 2.24) is 9.78 Å². The van der Waals surface area contributed by atoms with Crippen molar-refractivity contribution in [1.29, 1.82) is 0 Å². The van der Waals surface area contributed by atoms with Gasteiger partial charge in [0.05, 0.1) is 11.2 Å². The van der Waals surface area contributed by atoms with E-state index in [9.17, 15) is 15.2 Å². The molecule has 0 aliphatic rings. The number of rotatable bonds is 6. The van der Waals surface area contributed by atoms with Crippen molar-refractivity contribution >= 4 is 11.5 Å². The van der Waals surface area contributed by atoms with Crippen molar-refractivity contribution in [2.24, 2.45) is 7.05 Å². The van der Waals surface area contributed by atoms with Crippen molar-refractivity contribution in [3.8, 4) is 0 Å². The fraction of sp³-hybridized carbons (Fsp3) is 0.417. The largest absolute Gasteiger partial charge is 0.467 e. The molecule has 0 saturated carbocycles. The van der Waals surface area contributed by atoms with Crippen molar-refractivity contribution < 1.29 is 14.4 Å². The van der Waals surface area contributed by atoms with Gasteiger partial charge in [0, 0.05) is 13.6 Å². The van der Waals surface area contributed by atoms with Crippen LogP contribution in [0.3, 0.4) is 0 Å². The molecule has 2 aromatic heterocycles. The van der Waals surface area contributed by atoms with Gasteiger partial charge in [-0.15, -0.1) is 0 Å². The highest BCUT2D eigenvalue weighted by Gasteiger charge is 2.26. The molecule has 0 bridgehead atoms. The van der Waals surface area contributed by atoms with Crippen LogP contribution in [-0.4, -0.2) is 26.4 Å². The number of aliphatic hydroxyl groups is 1. The summed E-state index contributed by atoms with van der Waals surface area (Å²) in [7, 11) is 1.62. The minimum Gasteiger partial charge on any atom is -0.467 e. The van der Waals surface area contributed by atoms with Crippen LogP contribution in [0.5, 0.6) is 0 Å². The molecule has 2 rings (SSSR count). The molecule has 1 unspecified atom stereocenters. The molecule has 2 aromatic rings. The van der Waals surface area contributed by atoms with Gasteiger partial charge in [-0.25, -0.2) is 4.68 Å². The second kappa shape index (κ2) is 5.74. The Morgan fingerprint density at radius 3 is 2.95 bits per heavy atom. The van der Waals surface area contributed by atoms with Crippen LogP contribution in [-0.2, 0) is 13.5 Å². The van der Waals surface area contributed by atoms with E-state index in [0.717, 1.165) is 0 Å². The normalized spacial score (nSPS) is 12.3. The van der Waals surface area contributed by atoms with Crippen molar-refractivity contribution in [2.45, 2.75) is 19.4 Å². The molecule has 20 heavy (non-hydrogen) atoms. The second-order valence-corrected chi connectivity index (χ2v) is 4.29. The summed E-state index contributed by atoms with van der Waals surface area (Å²) in [4.78, 5) is 10.7. The van der Waals surface area contributed by atoms with Gasteiger partial charge in [-0.05, 0) is 18.6 Å². The number of aromatic nitrogens is 2. The molecule has 2 N–H and O–H groups in total. The van der Waals surface area contributed by atoms with Gasteiger partial charge in [0.15, 0.2) is 0 Å². The van der Waals surface area contributed by atoms with Crippen LogP contribution < -0.4 is 5.32 Å². The van der Waals surface area contributed by atoms with Crippen molar-refractivity contribution in [3.63, 3.8) is 0 Å². The van der Waals surface area contributed by atoms with E-state index in [1.54, 1.807) is 26.1 Å². The predicted octanol–water partition coefficient (Wildman–Crippen LogP) is 1.63. The standard InChI is InChI=1S/C12H16N4O4/c1-3-8-11(16(18)19)12(15(2)14-8)13-7-9(17)10-5-4-6-20-10/h4-6,9,13,17H,3,7H2,1-2H3. The van der Waals surface area contributed by atoms with Crippen LogP contribution in [0.1, 0.15) is 24.5 Å². The lowest BCUT2D eigenvalue weighted by atomic mass is 10.2. The Balaban J connectivity index is 2.17. The van der Waals surface area contributed by atoms with E-state index < -0.39 is 11.0 Å². The number of anilines is 1. The Morgan fingerprint density at radius 2 is 2.40 bits per heavy atom. The molecule has 0 aromatic carbocycles. The highest BCUT2D eigenvalue weighted by Crippen LogP contribution is 2.29. The molecule has 0 spiro atoms. The zero-order valence-corrected chi connectivity index (χ0v) is 11.2. The van der Waals surface area contributed by atoms with Crippen LogP contribution in [0.2, 0.25) is 0 Å². The Labute approximate surface area is 115 Å². The zero-order chi connectivity index (χ0) is 14.7. The first-order valence-corrected chi connectivity index (χ1v) is 6.20. The van der Waals surface area contributed by atoms with Crippen molar-refractivity contribution in [2.75, 3.05) is 11.9 Å². The average molecular weight is 280 g/mol. The molecule has 0 amide bonds. The van der Waals surface area contributed by atoms with Gasteiger partial charge in [-0.2, -0.15) is 5.10 Å². The summed E-state index contributed by atoms with van der Waals surface area (Å²) in [5.74, 6) is 0.676. The Kier molecular flexibility index (Phi) is 4.04. The topological polar surface area (TPSA) is 106 Å². The molecule has 0 radical (unpaired) electrons. The maximum absolute atomic E-state index is 11.1. The second-order valence-electron chi connectivity index (χ2n) is 4.29. The van der Waals surface area contributed by atoms with Gasteiger partial charge in [0.2, 0.25) is 5.82 Å².